The van der Waals surface area contributed by atoms with E-state index in [1.165, 1.54) is 135 Å². The lowest BCUT2D eigenvalue weighted by atomic mass is 10.1. The summed E-state index contributed by atoms with van der Waals surface area (Å²) in [5.74, 6) is -6.39. The van der Waals surface area contributed by atoms with Crippen LogP contribution in [0.2, 0.25) is 55.2 Å². The number of alkyl halides is 9. The van der Waals surface area contributed by atoms with Gasteiger partial charge in [0.15, 0.2) is 40.4 Å². The van der Waals surface area contributed by atoms with Crippen molar-refractivity contribution in [1.82, 2.24) is 80.3 Å². The number of anilines is 4. The van der Waals surface area contributed by atoms with Crippen molar-refractivity contribution in [2.75, 3.05) is 35.4 Å². The van der Waals surface area contributed by atoms with Crippen molar-refractivity contribution in [2.24, 2.45) is 0 Å². The molecule has 0 spiro atoms. The minimum Gasteiger partial charge on any atom is -0.355 e. The number of rotatable bonds is 18. The summed E-state index contributed by atoms with van der Waals surface area (Å²) in [4.78, 5) is 117. The van der Waals surface area contributed by atoms with Gasteiger partial charge in [0.25, 0.3) is 47.3 Å². The monoisotopic (exact) mass is 2020 g/mol. The molecule has 12 aromatic rings. The Hall–Kier alpha value is -11.4. The Morgan fingerprint density at radius 1 is 0.357 bits per heavy atom. The van der Waals surface area contributed by atoms with Crippen molar-refractivity contribution in [3.63, 3.8) is 0 Å². The average molecular weight is 2030 g/mol. The number of pyridine rings is 4. The predicted molar refractivity (Wildman–Crippen MR) is 458 cm³/mol. The SMILES string of the molecule is CC(C)NC(=O)c1cc(Cl)cc(Cl)c1NC(=O)c1cc(Br)nn1-c1ncccc1Cl.CC(C)NC(=O)c1cc(Cl)cc(Cl)c1NC(=O)c1cc(C(F)(F)F)nn1-c1ncccc1Cl.CNC(=O)c1cc(C#N)cc(Cl)c1NC(=O)c1cc(C(F)(F)F)nn1-c1ncccc1Cl.CNC(=O)c1cc(Cl)cc(Cl)c1NC(=O)c1cc(C(F)(F)F)nn1-c1ncccc1Cl. The van der Waals surface area contributed by atoms with Gasteiger partial charge in [0, 0.05) is 90.3 Å². The Balaban J connectivity index is 0.000000190. The maximum absolute atomic E-state index is 13.3. The van der Waals surface area contributed by atoms with E-state index in [9.17, 15) is 77.9 Å². The Morgan fingerprint density at radius 3 is 0.865 bits per heavy atom. The first-order chi connectivity index (χ1) is 59.1. The molecular weight excluding hydrogens is 1980 g/mol. The first kappa shape index (κ1) is 98.4. The number of carbonyl (C=O) groups excluding carboxylic acids is 8. The lowest BCUT2D eigenvalue weighted by Gasteiger charge is -2.15. The number of nitriles is 1. The van der Waals surface area contributed by atoms with Crippen LogP contribution in [0.15, 0.2) is 151 Å². The van der Waals surface area contributed by atoms with Gasteiger partial charge in [0.05, 0.1) is 96.8 Å². The summed E-state index contributed by atoms with van der Waals surface area (Å²) in [7, 11) is 2.66. The van der Waals surface area contributed by atoms with E-state index in [-0.39, 0.29) is 142 Å². The molecule has 0 atom stereocenters. The molecule has 29 nitrogen and oxygen atoms in total. The zero-order valence-corrected chi connectivity index (χ0v) is 73.9. The molecule has 0 bridgehead atoms. The Morgan fingerprint density at radius 2 is 0.611 bits per heavy atom. The molecule has 0 aliphatic carbocycles. The number of hydrogen-bond donors (Lipinski definition) is 8. The topological polar surface area (TPSA) is 379 Å². The quantitative estimate of drug-likeness (QED) is 0.0370. The standard InChI is InChI=1S/C20H15Cl3F3N5O2.C19H15BrCl3N5O2.C19H11Cl2F3N6O2.C18H11Cl3F3N5O2/c1-9(2)28-18(32)11-6-10(21)7-13(23)16(11)29-19(33)14-8-15(20(24,25)26)30-31(14)17-12(22)4-3-5-27-17;1-9(2)25-18(29)11-6-10(21)7-13(23)16(11)26-19(30)14-8-15(20)27-28(14)17-12(22)4-3-5-24-17;1-26-17(31)10-5-9(8-25)6-12(21)15(10)28-18(32)13-7-14(19(22,23)24)29-30(13)16-11(20)3-2-4-27-16;1-25-16(30)9-5-8(19)6-11(21)14(9)27-17(31)12-7-13(18(22,23)24)28-29(12)15-10(20)3-2-4-26-15/h3-9H,1-2H3,(H,28,32)(H,29,33);3-9H,1-2H3,(H,25,29)(H,26,30);2-7H,1H3,(H,26,31)(H,28,32);2-7H,1H3,(H,25,30)(H,27,31). The third-order valence-corrected chi connectivity index (χ3v) is 19.4. The van der Waals surface area contributed by atoms with Crippen LogP contribution in [0.4, 0.5) is 62.3 Å². The number of carbonyl (C=O) groups is 8. The molecule has 0 radical (unpaired) electrons. The van der Waals surface area contributed by atoms with E-state index in [0.29, 0.717) is 41.9 Å². The Bertz CT molecular complexity index is 6300. The van der Waals surface area contributed by atoms with Crippen LogP contribution < -0.4 is 42.5 Å². The summed E-state index contributed by atoms with van der Waals surface area (Å²) in [6.45, 7) is 7.07. The number of hydrogen-bond acceptors (Lipinski definition) is 17. The fourth-order valence-corrected chi connectivity index (χ4v) is 13.7. The van der Waals surface area contributed by atoms with Crippen molar-refractivity contribution < 1.29 is 77.9 Å². The number of aromatic nitrogens is 12. The summed E-state index contributed by atoms with van der Waals surface area (Å²) in [6.07, 6.45) is -9.20. The molecular formula is C76H52BrCl11F9N21O8. The first-order valence-electron chi connectivity index (χ1n) is 34.9. The van der Waals surface area contributed by atoms with Gasteiger partial charge in [0.2, 0.25) is 0 Å². The van der Waals surface area contributed by atoms with Gasteiger partial charge in [0.1, 0.15) is 27.4 Å². The lowest BCUT2D eigenvalue weighted by molar-refractivity contribution is -0.142. The van der Waals surface area contributed by atoms with Crippen LogP contribution in [0.3, 0.4) is 0 Å². The van der Waals surface area contributed by atoms with E-state index < -0.39 is 99.9 Å². The van der Waals surface area contributed by atoms with Gasteiger partial charge in [-0.15, -0.1) is 0 Å². The predicted octanol–water partition coefficient (Wildman–Crippen LogP) is 20.0. The molecule has 0 aliphatic heterocycles. The van der Waals surface area contributed by atoms with E-state index in [4.69, 9.17) is 133 Å². The zero-order valence-electron chi connectivity index (χ0n) is 64.0. The fraction of sp³-hybridized carbons (Fsp3) is 0.145. The van der Waals surface area contributed by atoms with Crippen molar-refractivity contribution >= 4 is 214 Å². The number of nitrogens with one attached hydrogen (secondary N) is 8. The van der Waals surface area contributed by atoms with Crippen molar-refractivity contribution in [3.05, 3.63) is 274 Å². The molecule has 50 heteroatoms. The van der Waals surface area contributed by atoms with E-state index in [2.05, 4.69) is 98.8 Å². The number of benzene rings is 4. The van der Waals surface area contributed by atoms with Gasteiger partial charge in [-0.3, -0.25) is 38.4 Å². The molecule has 8 heterocycles. The van der Waals surface area contributed by atoms with Crippen LogP contribution in [0.25, 0.3) is 23.3 Å². The largest absolute Gasteiger partial charge is 0.435 e. The smallest absolute Gasteiger partial charge is 0.355 e. The van der Waals surface area contributed by atoms with Crippen LogP contribution in [0, 0.1) is 11.3 Å². The summed E-state index contributed by atoms with van der Waals surface area (Å²) < 4.78 is 123. The molecule has 656 valence electrons. The first-order valence-corrected chi connectivity index (χ1v) is 39.8. The molecule has 0 saturated heterocycles. The van der Waals surface area contributed by atoms with Crippen molar-refractivity contribution in [3.8, 4) is 29.3 Å². The maximum Gasteiger partial charge on any atom is 0.435 e. The number of amides is 8. The molecule has 0 unspecified atom stereocenters. The van der Waals surface area contributed by atoms with E-state index in [1.54, 1.807) is 26.0 Å². The third-order valence-electron chi connectivity index (χ3n) is 16.0. The van der Waals surface area contributed by atoms with Crippen LogP contribution in [0.1, 0.15) is 134 Å². The molecule has 126 heavy (non-hydrogen) atoms. The second kappa shape index (κ2) is 41.8. The lowest BCUT2D eigenvalue weighted by Crippen LogP contribution is -2.31. The molecule has 0 fully saturated rings. The molecule has 8 amide bonds. The van der Waals surface area contributed by atoms with E-state index in [0.717, 1.165) is 0 Å². The van der Waals surface area contributed by atoms with Crippen LogP contribution in [-0.4, -0.2) is 132 Å². The highest BCUT2D eigenvalue weighted by atomic mass is 79.9. The zero-order chi connectivity index (χ0) is 93.0. The molecule has 8 aromatic heterocycles. The highest BCUT2D eigenvalue weighted by Crippen LogP contribution is 2.40. The molecule has 0 saturated carbocycles. The second-order valence-corrected chi connectivity index (χ2v) is 31.0. The van der Waals surface area contributed by atoms with E-state index >= 15 is 0 Å². The van der Waals surface area contributed by atoms with Gasteiger partial charge in [-0.05, 0) is 141 Å². The Labute approximate surface area is 767 Å². The van der Waals surface area contributed by atoms with Crippen LogP contribution >= 0.6 is 144 Å². The number of halogens is 21. The summed E-state index contributed by atoms with van der Waals surface area (Å²) in [6, 6.07) is 26.6. The third kappa shape index (κ3) is 24.2. The van der Waals surface area contributed by atoms with Gasteiger partial charge in [-0.1, -0.05) is 128 Å². The fourth-order valence-electron chi connectivity index (χ4n) is 10.6. The summed E-state index contributed by atoms with van der Waals surface area (Å²) in [5.41, 5.74) is -6.08. The van der Waals surface area contributed by atoms with E-state index in [1.807, 2.05) is 19.9 Å². The summed E-state index contributed by atoms with van der Waals surface area (Å²) in [5, 5.41) is 43.9. The van der Waals surface area contributed by atoms with Gasteiger partial charge in [-0.25, -0.2) is 38.7 Å². The highest BCUT2D eigenvalue weighted by Gasteiger charge is 2.41. The molecule has 12 rings (SSSR count). The van der Waals surface area contributed by atoms with Crippen molar-refractivity contribution in [1.29, 1.82) is 5.26 Å². The molecule has 4 aromatic carbocycles. The van der Waals surface area contributed by atoms with Crippen LogP contribution in [0.5, 0.6) is 0 Å². The minimum absolute atomic E-state index is 0.0371. The van der Waals surface area contributed by atoms with Crippen molar-refractivity contribution in [2.45, 2.75) is 58.3 Å². The number of nitrogens with zero attached hydrogens (tertiary/aromatic N) is 13. The Kier molecular flexibility index (Phi) is 32.7. The van der Waals surface area contributed by atoms with Gasteiger partial charge >= 0.3 is 18.5 Å². The maximum atomic E-state index is 13.3. The van der Waals surface area contributed by atoms with Crippen LogP contribution in [-0.2, 0) is 18.5 Å². The van der Waals surface area contributed by atoms with Gasteiger partial charge < -0.3 is 42.5 Å². The molecule has 8 N–H and O–H groups in total. The summed E-state index contributed by atoms with van der Waals surface area (Å²) >= 11 is 70.2. The highest BCUT2D eigenvalue weighted by molar-refractivity contribution is 9.10. The second-order valence-electron chi connectivity index (χ2n) is 25.6. The average Bonchev–Trinajstić information content (AvgIpc) is 1.62. The molecule has 0 aliphatic rings. The normalized spacial score (nSPS) is 11.2. The minimum atomic E-state index is -4.86. The van der Waals surface area contributed by atoms with Gasteiger partial charge in [-0.2, -0.15) is 65.2 Å².